The molecule has 0 radical (unpaired) electrons. The first-order valence-corrected chi connectivity index (χ1v) is 17.0. The number of pyridine rings is 1. The molecule has 0 aliphatic heterocycles. The van der Waals surface area contributed by atoms with Crippen molar-refractivity contribution in [3.8, 4) is 22.4 Å². The zero-order valence-corrected chi connectivity index (χ0v) is 27.2. The van der Waals surface area contributed by atoms with E-state index < -0.39 is 9.84 Å². The van der Waals surface area contributed by atoms with Crippen LogP contribution in [0.1, 0.15) is 51.0 Å². The molecule has 1 amide bonds. The van der Waals surface area contributed by atoms with Gasteiger partial charge in [-0.25, -0.2) is 18.4 Å². The highest BCUT2D eigenvalue weighted by molar-refractivity contribution is 7.91. The SMILES string of the molecule is CC[C@H](CCc1nc2c(-c3ccc(-c4ccccc4)nc3)ccn2c(N)c1S(C)(=O)=O)N(CC(C)C)C(=O)Cc1nc(C)n[nH]1. The highest BCUT2D eigenvalue weighted by Gasteiger charge is 2.27. The van der Waals surface area contributed by atoms with Gasteiger partial charge in [0.1, 0.15) is 28.0 Å². The van der Waals surface area contributed by atoms with Gasteiger partial charge >= 0.3 is 0 Å². The molecular weight excluding hydrogens is 588 g/mol. The van der Waals surface area contributed by atoms with Crippen LogP contribution in [-0.4, -0.2) is 67.6 Å². The molecule has 0 spiro atoms. The first-order valence-electron chi connectivity index (χ1n) is 15.1. The zero-order valence-electron chi connectivity index (χ0n) is 26.4. The number of H-pyrrole nitrogens is 1. The van der Waals surface area contributed by atoms with Crippen LogP contribution in [0.2, 0.25) is 0 Å². The Hall–Kier alpha value is -4.58. The van der Waals surface area contributed by atoms with Gasteiger partial charge in [0.2, 0.25) is 5.91 Å². The fourth-order valence-electron chi connectivity index (χ4n) is 5.75. The molecule has 236 valence electrons. The summed E-state index contributed by atoms with van der Waals surface area (Å²) in [5, 5.41) is 6.88. The minimum atomic E-state index is -3.72. The Bertz CT molecular complexity index is 1900. The van der Waals surface area contributed by atoms with Gasteiger partial charge in [-0.3, -0.25) is 19.3 Å². The summed E-state index contributed by atoms with van der Waals surface area (Å²) in [6.07, 6.45) is 6.31. The number of carbonyl (C=O) groups excluding carboxylic acids is 1. The van der Waals surface area contributed by atoms with E-state index in [4.69, 9.17) is 10.7 Å². The lowest BCUT2D eigenvalue weighted by Gasteiger charge is -2.33. The molecule has 1 aromatic carbocycles. The standard InChI is InChI=1S/C33H40N8O3S/c1-6-25(41(20-21(2)3)30(42)18-29-36-22(4)38-39-29)13-15-28-31(45(5,43)44)32(34)40-17-16-26(33(40)37-28)24-12-14-27(35-19-24)23-10-8-7-9-11-23/h7-12,14,16-17,19,21,25H,6,13,15,18,20,34H2,1-5H3,(H,36,38,39)/t25-/m1/s1. The van der Waals surface area contributed by atoms with E-state index in [2.05, 4.69) is 34.0 Å². The van der Waals surface area contributed by atoms with Gasteiger partial charge in [-0.05, 0) is 44.2 Å². The smallest absolute Gasteiger partial charge is 0.230 e. The van der Waals surface area contributed by atoms with E-state index in [0.717, 1.165) is 28.6 Å². The molecule has 4 heterocycles. The summed E-state index contributed by atoms with van der Waals surface area (Å²) in [6.45, 7) is 8.50. The molecular formula is C33H40N8O3S. The van der Waals surface area contributed by atoms with Gasteiger partial charge in [0.15, 0.2) is 9.84 Å². The Balaban J connectivity index is 1.48. The fourth-order valence-corrected chi connectivity index (χ4v) is 6.80. The van der Waals surface area contributed by atoms with Gasteiger partial charge in [-0.15, -0.1) is 0 Å². The number of nitrogens with zero attached hydrogens (tertiary/aromatic N) is 6. The van der Waals surface area contributed by atoms with Crippen LogP contribution in [0.5, 0.6) is 0 Å². The third-order valence-corrected chi connectivity index (χ3v) is 9.03. The number of benzene rings is 1. The molecule has 5 aromatic rings. The predicted molar refractivity (Wildman–Crippen MR) is 175 cm³/mol. The first kappa shape index (κ1) is 31.8. The average molecular weight is 629 g/mol. The Morgan fingerprint density at radius 2 is 1.82 bits per heavy atom. The van der Waals surface area contributed by atoms with Crippen molar-refractivity contribution in [2.45, 2.75) is 64.3 Å². The number of nitrogen functional groups attached to an aromatic ring is 1. The molecule has 0 unspecified atom stereocenters. The van der Waals surface area contributed by atoms with E-state index in [1.807, 2.05) is 60.4 Å². The maximum absolute atomic E-state index is 13.5. The second kappa shape index (κ2) is 13.2. The minimum Gasteiger partial charge on any atom is -0.384 e. The second-order valence-electron chi connectivity index (χ2n) is 11.8. The normalized spacial score (nSPS) is 12.6. The summed E-state index contributed by atoms with van der Waals surface area (Å²) in [7, 11) is -3.72. The monoisotopic (exact) mass is 628 g/mol. The molecule has 45 heavy (non-hydrogen) atoms. The molecule has 11 nitrogen and oxygen atoms in total. The molecule has 0 bridgehead atoms. The van der Waals surface area contributed by atoms with E-state index in [1.54, 1.807) is 23.7 Å². The molecule has 0 aliphatic rings. The number of sulfone groups is 1. The maximum Gasteiger partial charge on any atom is 0.230 e. The van der Waals surface area contributed by atoms with Crippen LogP contribution in [0.25, 0.3) is 28.0 Å². The van der Waals surface area contributed by atoms with E-state index in [0.29, 0.717) is 48.8 Å². The van der Waals surface area contributed by atoms with E-state index >= 15 is 0 Å². The van der Waals surface area contributed by atoms with Crippen molar-refractivity contribution >= 4 is 27.2 Å². The minimum absolute atomic E-state index is 0.0171. The number of carbonyl (C=O) groups is 1. The van der Waals surface area contributed by atoms with Crippen molar-refractivity contribution in [3.05, 3.63) is 78.3 Å². The van der Waals surface area contributed by atoms with Crippen LogP contribution < -0.4 is 5.73 Å². The van der Waals surface area contributed by atoms with Gasteiger partial charge in [-0.2, -0.15) is 5.10 Å². The van der Waals surface area contributed by atoms with Gasteiger partial charge in [0.05, 0.1) is 17.8 Å². The Kier molecular flexibility index (Phi) is 9.33. The molecule has 1 atom stereocenters. The molecule has 0 saturated heterocycles. The highest BCUT2D eigenvalue weighted by Crippen LogP contribution is 2.32. The summed E-state index contributed by atoms with van der Waals surface area (Å²) in [5.41, 5.74) is 11.0. The number of hydrogen-bond donors (Lipinski definition) is 2. The number of hydrogen-bond acceptors (Lipinski definition) is 8. The van der Waals surface area contributed by atoms with Crippen molar-refractivity contribution < 1.29 is 13.2 Å². The number of aromatic amines is 1. The number of nitrogens with one attached hydrogen (secondary N) is 1. The van der Waals surface area contributed by atoms with Gasteiger partial charge in [0.25, 0.3) is 0 Å². The number of rotatable bonds is 12. The van der Waals surface area contributed by atoms with Crippen molar-refractivity contribution in [2.24, 2.45) is 5.92 Å². The molecule has 4 aromatic heterocycles. The van der Waals surface area contributed by atoms with Crippen molar-refractivity contribution in [3.63, 3.8) is 0 Å². The Morgan fingerprint density at radius 1 is 1.07 bits per heavy atom. The lowest BCUT2D eigenvalue weighted by molar-refractivity contribution is -0.133. The summed E-state index contributed by atoms with van der Waals surface area (Å²) < 4.78 is 27.7. The molecule has 0 fully saturated rings. The first-order chi connectivity index (χ1) is 21.5. The Morgan fingerprint density at radius 3 is 2.42 bits per heavy atom. The third kappa shape index (κ3) is 7.06. The summed E-state index contributed by atoms with van der Waals surface area (Å²) in [4.78, 5) is 29.3. The number of fused-ring (bicyclic) bond motifs is 1. The molecule has 12 heteroatoms. The summed E-state index contributed by atoms with van der Waals surface area (Å²) >= 11 is 0. The molecule has 0 aliphatic carbocycles. The number of aryl methyl sites for hydroxylation is 2. The third-order valence-electron chi connectivity index (χ3n) is 7.84. The Labute approximate surface area is 263 Å². The average Bonchev–Trinajstić information content (AvgIpc) is 3.62. The van der Waals surface area contributed by atoms with Gasteiger partial charge < -0.3 is 10.6 Å². The summed E-state index contributed by atoms with van der Waals surface area (Å²) in [6, 6.07) is 15.6. The van der Waals surface area contributed by atoms with Crippen molar-refractivity contribution in [2.75, 3.05) is 18.5 Å². The lowest BCUT2D eigenvalue weighted by Crippen LogP contribution is -2.43. The number of anilines is 1. The molecule has 5 rings (SSSR count). The van der Waals surface area contributed by atoms with Crippen LogP contribution in [-0.2, 0) is 27.5 Å². The van der Waals surface area contributed by atoms with E-state index in [1.165, 1.54) is 0 Å². The fraction of sp³-hybridized carbons (Fsp3) is 0.364. The number of nitrogens with two attached hydrogens (primary N) is 1. The second-order valence-corrected chi connectivity index (χ2v) is 13.8. The van der Waals surface area contributed by atoms with Crippen LogP contribution in [0, 0.1) is 12.8 Å². The molecule has 0 saturated carbocycles. The largest absolute Gasteiger partial charge is 0.384 e. The van der Waals surface area contributed by atoms with Gasteiger partial charge in [0, 0.05) is 47.9 Å². The van der Waals surface area contributed by atoms with Crippen LogP contribution >= 0.6 is 0 Å². The van der Waals surface area contributed by atoms with Crippen LogP contribution in [0.15, 0.2) is 65.8 Å². The quantitative estimate of drug-likeness (QED) is 0.198. The highest BCUT2D eigenvalue weighted by atomic mass is 32.2. The zero-order chi connectivity index (χ0) is 32.3. The number of amides is 1. The van der Waals surface area contributed by atoms with E-state index in [9.17, 15) is 13.2 Å². The predicted octanol–water partition coefficient (Wildman–Crippen LogP) is 4.91. The topological polar surface area (TPSA) is 152 Å². The lowest BCUT2D eigenvalue weighted by atomic mass is 10.0. The van der Waals surface area contributed by atoms with Crippen LogP contribution in [0.4, 0.5) is 5.82 Å². The van der Waals surface area contributed by atoms with Crippen LogP contribution in [0.3, 0.4) is 0 Å². The van der Waals surface area contributed by atoms with Crippen molar-refractivity contribution in [1.82, 2.24) is 34.4 Å². The van der Waals surface area contributed by atoms with Crippen molar-refractivity contribution in [1.29, 1.82) is 0 Å². The van der Waals surface area contributed by atoms with E-state index in [-0.39, 0.29) is 35.0 Å². The number of aromatic nitrogens is 6. The summed E-state index contributed by atoms with van der Waals surface area (Å²) in [5.74, 6) is 1.40. The van der Waals surface area contributed by atoms with Gasteiger partial charge in [-0.1, -0.05) is 57.2 Å². The molecule has 3 N–H and O–H groups in total. The maximum atomic E-state index is 13.5.